The molecule has 0 unspecified atom stereocenters. The van der Waals surface area contributed by atoms with E-state index >= 15 is 0 Å². The lowest BCUT2D eigenvalue weighted by Crippen LogP contribution is -2.23. The summed E-state index contributed by atoms with van der Waals surface area (Å²) in [5, 5.41) is 5.12. The van der Waals surface area contributed by atoms with E-state index < -0.39 is 0 Å². The Morgan fingerprint density at radius 3 is 2.67 bits per heavy atom. The van der Waals surface area contributed by atoms with E-state index in [9.17, 15) is 0 Å². The average Bonchev–Trinajstić information content (AvgIpc) is 2.59. The van der Waals surface area contributed by atoms with Crippen LogP contribution in [0.1, 0.15) is 26.5 Å². The van der Waals surface area contributed by atoms with Crippen molar-refractivity contribution in [2.24, 2.45) is 0 Å². The van der Waals surface area contributed by atoms with Crippen LogP contribution in [-0.2, 0) is 5.54 Å². The number of terminal acetylenes is 1. The summed E-state index contributed by atoms with van der Waals surface area (Å²) in [6.07, 6.45) is 8.55. The minimum absolute atomic E-state index is 0.109. The van der Waals surface area contributed by atoms with E-state index in [1.807, 2.05) is 4.68 Å². The van der Waals surface area contributed by atoms with Crippen LogP contribution in [0.2, 0.25) is 0 Å². The monoisotopic (exact) mass is 200 g/mol. The Balaban J connectivity index is 2.79. The van der Waals surface area contributed by atoms with Gasteiger partial charge in [0.05, 0.1) is 17.1 Å². The molecule has 0 aromatic carbocycles. The standard InChI is InChI=1S/C11H12N4/c1-5-9-8-6-14-15(11(2,3)4)10(8)13-7-12-9/h1,6-7H,2-4H3. The topological polar surface area (TPSA) is 43.6 Å². The van der Waals surface area contributed by atoms with E-state index in [1.165, 1.54) is 6.33 Å². The fourth-order valence-corrected chi connectivity index (χ4v) is 1.45. The minimum Gasteiger partial charge on any atom is -0.242 e. The zero-order valence-electron chi connectivity index (χ0n) is 9.02. The van der Waals surface area contributed by atoms with Crippen LogP contribution in [-0.4, -0.2) is 19.7 Å². The van der Waals surface area contributed by atoms with Gasteiger partial charge >= 0.3 is 0 Å². The Morgan fingerprint density at radius 2 is 2.07 bits per heavy atom. The summed E-state index contributed by atoms with van der Waals surface area (Å²) < 4.78 is 1.85. The highest BCUT2D eigenvalue weighted by atomic mass is 15.3. The third kappa shape index (κ3) is 1.46. The number of rotatable bonds is 0. The van der Waals surface area contributed by atoms with Crippen molar-refractivity contribution in [1.29, 1.82) is 0 Å². The third-order valence-corrected chi connectivity index (χ3v) is 2.14. The van der Waals surface area contributed by atoms with Crippen molar-refractivity contribution < 1.29 is 0 Å². The maximum atomic E-state index is 5.36. The summed E-state index contributed by atoms with van der Waals surface area (Å²) in [7, 11) is 0. The highest BCUT2D eigenvalue weighted by Crippen LogP contribution is 2.20. The summed E-state index contributed by atoms with van der Waals surface area (Å²) in [6, 6.07) is 0. The lowest BCUT2D eigenvalue weighted by molar-refractivity contribution is 0.366. The van der Waals surface area contributed by atoms with Crippen molar-refractivity contribution in [2.75, 3.05) is 0 Å². The van der Waals surface area contributed by atoms with Crippen molar-refractivity contribution in [3.63, 3.8) is 0 Å². The molecule has 2 heterocycles. The summed E-state index contributed by atoms with van der Waals surface area (Å²) in [5.41, 5.74) is 1.27. The number of fused-ring (bicyclic) bond motifs is 1. The molecular weight excluding hydrogens is 188 g/mol. The van der Waals surface area contributed by atoms with Crippen molar-refractivity contribution in [2.45, 2.75) is 26.3 Å². The SMILES string of the molecule is C#Cc1ncnc2c1cnn2C(C)(C)C. The van der Waals surface area contributed by atoms with E-state index in [2.05, 4.69) is 41.8 Å². The fraction of sp³-hybridized carbons (Fsp3) is 0.364. The van der Waals surface area contributed by atoms with Crippen LogP contribution < -0.4 is 0 Å². The molecule has 76 valence electrons. The Labute approximate surface area is 88.3 Å². The Hall–Kier alpha value is -1.89. The summed E-state index contributed by atoms with van der Waals surface area (Å²) in [4.78, 5) is 8.23. The van der Waals surface area contributed by atoms with Gasteiger partial charge < -0.3 is 0 Å². The molecule has 2 aromatic heterocycles. The lowest BCUT2D eigenvalue weighted by atomic mass is 10.1. The van der Waals surface area contributed by atoms with Crippen LogP contribution in [0.4, 0.5) is 0 Å². The molecule has 4 heteroatoms. The quantitative estimate of drug-likeness (QED) is 0.606. The molecule has 0 N–H and O–H groups in total. The first-order valence-corrected chi connectivity index (χ1v) is 4.70. The van der Waals surface area contributed by atoms with E-state index in [0.717, 1.165) is 11.0 Å². The second-order valence-electron chi connectivity index (χ2n) is 4.33. The zero-order valence-corrected chi connectivity index (χ0v) is 9.02. The number of nitrogens with zero attached hydrogens (tertiary/aromatic N) is 4. The average molecular weight is 200 g/mol. The van der Waals surface area contributed by atoms with Crippen molar-refractivity contribution in [3.8, 4) is 12.3 Å². The van der Waals surface area contributed by atoms with Gasteiger partial charge in [-0.05, 0) is 26.7 Å². The Bertz CT molecular complexity index is 540. The molecule has 0 fully saturated rings. The molecule has 0 amide bonds. The van der Waals surface area contributed by atoms with Gasteiger partial charge in [-0.3, -0.25) is 0 Å². The van der Waals surface area contributed by atoms with Gasteiger partial charge in [-0.15, -0.1) is 6.42 Å². The molecule has 0 saturated heterocycles. The van der Waals surface area contributed by atoms with Crippen molar-refractivity contribution in [1.82, 2.24) is 19.7 Å². The van der Waals surface area contributed by atoms with Crippen LogP contribution >= 0.6 is 0 Å². The molecule has 2 aromatic rings. The first kappa shape index (κ1) is 9.66. The number of aromatic nitrogens is 4. The Kier molecular flexibility index (Phi) is 1.97. The molecule has 0 atom stereocenters. The van der Waals surface area contributed by atoms with Gasteiger partial charge in [0.15, 0.2) is 5.65 Å². The zero-order chi connectivity index (χ0) is 11.1. The first-order valence-electron chi connectivity index (χ1n) is 4.70. The van der Waals surface area contributed by atoms with E-state index in [0.29, 0.717) is 5.69 Å². The number of hydrogen-bond donors (Lipinski definition) is 0. The molecule has 0 bridgehead atoms. The smallest absolute Gasteiger partial charge is 0.162 e. The van der Waals surface area contributed by atoms with Crippen LogP contribution in [0.5, 0.6) is 0 Å². The molecule has 0 saturated carbocycles. The largest absolute Gasteiger partial charge is 0.242 e. The highest BCUT2D eigenvalue weighted by Gasteiger charge is 2.18. The summed E-state index contributed by atoms with van der Waals surface area (Å²) in [6.45, 7) is 6.20. The fourth-order valence-electron chi connectivity index (χ4n) is 1.45. The third-order valence-electron chi connectivity index (χ3n) is 2.14. The van der Waals surface area contributed by atoms with Gasteiger partial charge in [0.1, 0.15) is 12.0 Å². The lowest BCUT2D eigenvalue weighted by Gasteiger charge is -2.19. The highest BCUT2D eigenvalue weighted by molar-refractivity contribution is 5.79. The molecular formula is C11H12N4. The number of hydrogen-bond acceptors (Lipinski definition) is 3. The molecule has 0 aliphatic rings. The molecule has 0 aliphatic carbocycles. The second-order valence-corrected chi connectivity index (χ2v) is 4.33. The Morgan fingerprint density at radius 1 is 1.33 bits per heavy atom. The van der Waals surface area contributed by atoms with E-state index in [-0.39, 0.29) is 5.54 Å². The second kappa shape index (κ2) is 3.06. The predicted molar refractivity (Wildman–Crippen MR) is 58.3 cm³/mol. The molecule has 0 radical (unpaired) electrons. The molecule has 4 nitrogen and oxygen atoms in total. The molecule has 15 heavy (non-hydrogen) atoms. The van der Waals surface area contributed by atoms with Crippen LogP contribution in [0.25, 0.3) is 11.0 Å². The van der Waals surface area contributed by atoms with Crippen LogP contribution in [0, 0.1) is 12.3 Å². The first-order chi connectivity index (χ1) is 7.04. The maximum Gasteiger partial charge on any atom is 0.162 e. The summed E-state index contributed by atoms with van der Waals surface area (Å²) in [5.74, 6) is 2.53. The van der Waals surface area contributed by atoms with Crippen molar-refractivity contribution in [3.05, 3.63) is 18.2 Å². The molecule has 2 rings (SSSR count). The van der Waals surface area contributed by atoms with Crippen molar-refractivity contribution >= 4 is 11.0 Å². The summed E-state index contributed by atoms with van der Waals surface area (Å²) >= 11 is 0. The minimum atomic E-state index is -0.109. The van der Waals surface area contributed by atoms with Gasteiger partial charge in [0.25, 0.3) is 0 Å². The normalized spacial score (nSPS) is 11.6. The van der Waals surface area contributed by atoms with E-state index in [4.69, 9.17) is 6.42 Å². The van der Waals surface area contributed by atoms with E-state index in [1.54, 1.807) is 6.20 Å². The van der Waals surface area contributed by atoms with Crippen LogP contribution in [0.15, 0.2) is 12.5 Å². The van der Waals surface area contributed by atoms with Gasteiger partial charge in [0.2, 0.25) is 0 Å². The predicted octanol–water partition coefficient (Wildman–Crippen LogP) is 1.56. The van der Waals surface area contributed by atoms with Gasteiger partial charge in [0, 0.05) is 0 Å². The van der Waals surface area contributed by atoms with Gasteiger partial charge in [-0.25, -0.2) is 14.6 Å². The molecule has 0 aliphatic heterocycles. The molecule has 0 spiro atoms. The van der Waals surface area contributed by atoms with Gasteiger partial charge in [-0.1, -0.05) is 0 Å². The maximum absolute atomic E-state index is 5.36. The van der Waals surface area contributed by atoms with Gasteiger partial charge in [-0.2, -0.15) is 5.10 Å². The van der Waals surface area contributed by atoms with Crippen LogP contribution in [0.3, 0.4) is 0 Å².